The second-order valence-corrected chi connectivity index (χ2v) is 12.3. The fraction of sp³-hybridized carbons (Fsp3) is 0.458. The van der Waals surface area contributed by atoms with Crippen LogP contribution in [-0.4, -0.2) is 42.3 Å². The maximum atomic E-state index is 6.48. The van der Waals surface area contributed by atoms with E-state index in [0.717, 1.165) is 30.4 Å². The number of nitrogens with zero attached hydrogens (tertiary/aromatic N) is 3. The monoisotopic (exact) mass is 491 g/mol. The molecule has 0 amide bonds. The third kappa shape index (κ3) is 5.81. The van der Waals surface area contributed by atoms with Crippen molar-refractivity contribution in [3.8, 4) is 0 Å². The zero-order valence-electron chi connectivity index (χ0n) is 19.8. The van der Waals surface area contributed by atoms with Gasteiger partial charge in [-0.25, -0.2) is 0 Å². The second-order valence-electron chi connectivity index (χ2n) is 7.81. The number of rotatable bonds is 6. The van der Waals surface area contributed by atoms with Gasteiger partial charge in [-0.2, -0.15) is 4.76 Å². The van der Waals surface area contributed by atoms with Crippen molar-refractivity contribution < 1.29 is 9.05 Å². The molecule has 2 saturated heterocycles. The molecule has 2 fully saturated rings. The molecule has 0 bridgehead atoms. The average Bonchev–Trinajstić information content (AvgIpc) is 3.36. The summed E-state index contributed by atoms with van der Waals surface area (Å²) in [5.41, 5.74) is 2.25. The highest BCUT2D eigenvalue weighted by Gasteiger charge is 2.44. The first-order chi connectivity index (χ1) is 15.5. The molecular weight excluding hydrogens is 457 g/mol. The normalized spacial score (nSPS) is 23.0. The Labute approximate surface area is 202 Å². The molecule has 0 spiro atoms. The van der Waals surface area contributed by atoms with E-state index in [1.165, 1.54) is 0 Å². The molecule has 0 aromatic heterocycles. The van der Waals surface area contributed by atoms with Crippen molar-refractivity contribution in [2.75, 3.05) is 30.0 Å². The van der Waals surface area contributed by atoms with Crippen LogP contribution in [0.5, 0.6) is 0 Å². The minimum absolute atomic E-state index is 0.0251. The van der Waals surface area contributed by atoms with Gasteiger partial charge in [0.1, 0.15) is 0 Å². The Balaban J connectivity index is 0.00000141. The van der Waals surface area contributed by atoms with Crippen molar-refractivity contribution in [2.45, 2.75) is 50.7 Å². The van der Waals surface area contributed by atoms with Gasteiger partial charge < -0.3 is 18.8 Å². The summed E-state index contributed by atoms with van der Waals surface area (Å²) in [6, 6.07) is 20.8. The Hall–Kier alpha value is -1.24. The van der Waals surface area contributed by atoms with Gasteiger partial charge in [-0.3, -0.25) is 0 Å². The predicted octanol–water partition coefficient (Wildman–Crippen LogP) is 7.22. The maximum Gasteiger partial charge on any atom is 0.313 e. The smallest absolute Gasteiger partial charge is 0.313 e. The van der Waals surface area contributed by atoms with Crippen LogP contribution in [0.3, 0.4) is 0 Å². The van der Waals surface area contributed by atoms with Gasteiger partial charge in [-0.15, -0.1) is 0 Å². The average molecular weight is 492 g/mol. The van der Waals surface area contributed by atoms with Crippen molar-refractivity contribution in [3.05, 3.63) is 60.7 Å². The third-order valence-corrected chi connectivity index (χ3v) is 10.1. The predicted molar refractivity (Wildman–Crippen MR) is 144 cm³/mol. The van der Waals surface area contributed by atoms with Crippen molar-refractivity contribution >= 4 is 47.4 Å². The molecule has 32 heavy (non-hydrogen) atoms. The summed E-state index contributed by atoms with van der Waals surface area (Å²) < 4.78 is 17.3. The Morgan fingerprint density at radius 3 is 1.84 bits per heavy atom. The highest BCUT2D eigenvalue weighted by molar-refractivity contribution is 8.77. The number of para-hydroxylation sites is 2. The SMILES string of the molecule is CC.COP(N=C1N(c2ccccc2)CCN1c1ccccc1)O[C@@H]1C(C)SSC1(C)C. The summed E-state index contributed by atoms with van der Waals surface area (Å²) >= 11 is 0. The van der Waals surface area contributed by atoms with E-state index in [0.29, 0.717) is 5.25 Å². The molecule has 2 aliphatic heterocycles. The molecule has 2 aromatic rings. The lowest BCUT2D eigenvalue weighted by Crippen LogP contribution is -2.36. The molecule has 2 heterocycles. The van der Waals surface area contributed by atoms with E-state index in [4.69, 9.17) is 13.8 Å². The van der Waals surface area contributed by atoms with Crippen LogP contribution in [0.15, 0.2) is 65.4 Å². The highest BCUT2D eigenvalue weighted by atomic mass is 33.1. The Bertz CT molecular complexity index is 821. The molecule has 0 radical (unpaired) electrons. The van der Waals surface area contributed by atoms with Gasteiger partial charge in [0.05, 0.1) is 6.10 Å². The highest BCUT2D eigenvalue weighted by Crippen LogP contribution is 2.56. The zero-order chi connectivity index (χ0) is 23.1. The fourth-order valence-electron chi connectivity index (χ4n) is 3.71. The van der Waals surface area contributed by atoms with Gasteiger partial charge >= 0.3 is 8.53 Å². The Kier molecular flexibility index (Phi) is 9.33. The molecule has 174 valence electrons. The van der Waals surface area contributed by atoms with Crippen LogP contribution >= 0.6 is 30.1 Å². The molecule has 5 nitrogen and oxygen atoms in total. The van der Waals surface area contributed by atoms with Crippen molar-refractivity contribution in [2.24, 2.45) is 4.76 Å². The van der Waals surface area contributed by atoms with Crippen molar-refractivity contribution in [3.63, 3.8) is 0 Å². The van der Waals surface area contributed by atoms with Crippen LogP contribution in [0.25, 0.3) is 0 Å². The number of benzene rings is 2. The van der Waals surface area contributed by atoms with E-state index < -0.39 is 8.53 Å². The number of anilines is 2. The fourth-order valence-corrected chi connectivity index (χ4v) is 8.20. The Morgan fingerprint density at radius 1 is 0.938 bits per heavy atom. The van der Waals surface area contributed by atoms with E-state index in [1.54, 1.807) is 7.11 Å². The zero-order valence-corrected chi connectivity index (χ0v) is 22.3. The van der Waals surface area contributed by atoms with Crippen LogP contribution in [0.2, 0.25) is 0 Å². The summed E-state index contributed by atoms with van der Waals surface area (Å²) in [6.45, 7) is 12.4. The molecule has 0 aliphatic carbocycles. The van der Waals surface area contributed by atoms with E-state index in [9.17, 15) is 0 Å². The maximum absolute atomic E-state index is 6.48. The van der Waals surface area contributed by atoms with Crippen molar-refractivity contribution in [1.82, 2.24) is 0 Å². The van der Waals surface area contributed by atoms with E-state index >= 15 is 0 Å². The minimum atomic E-state index is -1.42. The standard InChI is InChI=1S/C22H28N3O2PS2.C2H6/c1-17-20(22(2,3)30-29-17)27-28(26-4)23-21-24(18-11-7-5-8-12-18)15-16-25(21)19-13-9-6-10-14-19;1-2/h5-14,17,20H,15-16H2,1-4H3;1-2H3/t17?,20-,28?;/m1./s1. The van der Waals surface area contributed by atoms with Crippen molar-refractivity contribution in [1.29, 1.82) is 0 Å². The minimum Gasteiger partial charge on any atom is -0.320 e. The summed E-state index contributed by atoms with van der Waals surface area (Å²) in [7, 11) is 4.03. The van der Waals surface area contributed by atoms with Crippen LogP contribution in [0, 0.1) is 0 Å². The molecule has 4 rings (SSSR count). The molecule has 0 saturated carbocycles. The second kappa shape index (κ2) is 11.8. The van der Waals surface area contributed by atoms with E-state index in [2.05, 4.69) is 79.1 Å². The largest absolute Gasteiger partial charge is 0.320 e. The molecule has 2 aromatic carbocycles. The van der Waals surface area contributed by atoms with Gasteiger partial charge in [0, 0.05) is 41.6 Å². The molecule has 3 atom stereocenters. The van der Waals surface area contributed by atoms with E-state index in [1.807, 2.05) is 47.6 Å². The first-order valence-electron chi connectivity index (χ1n) is 11.1. The molecule has 2 aliphatic rings. The third-order valence-electron chi connectivity index (χ3n) is 5.22. The van der Waals surface area contributed by atoms with Gasteiger partial charge in [0.25, 0.3) is 0 Å². The van der Waals surface area contributed by atoms with Gasteiger partial charge in [0.15, 0.2) is 0 Å². The van der Waals surface area contributed by atoms with Crippen LogP contribution < -0.4 is 9.80 Å². The quantitative estimate of drug-likeness (QED) is 0.314. The first-order valence-corrected chi connectivity index (χ1v) is 14.4. The van der Waals surface area contributed by atoms with E-state index in [-0.39, 0.29) is 10.9 Å². The van der Waals surface area contributed by atoms with Gasteiger partial charge in [-0.1, -0.05) is 71.8 Å². The lowest BCUT2D eigenvalue weighted by Gasteiger charge is -2.29. The summed E-state index contributed by atoms with van der Waals surface area (Å²) in [5.74, 6) is 0.879. The molecular formula is C24H34N3O2PS2. The van der Waals surface area contributed by atoms with Crippen LogP contribution in [-0.2, 0) is 9.05 Å². The van der Waals surface area contributed by atoms with Crippen LogP contribution in [0.1, 0.15) is 34.6 Å². The molecule has 8 heteroatoms. The number of hydrogen-bond acceptors (Lipinski definition) is 5. The molecule has 2 unspecified atom stereocenters. The van der Waals surface area contributed by atoms with Crippen LogP contribution in [0.4, 0.5) is 11.4 Å². The lowest BCUT2D eigenvalue weighted by atomic mass is 10.0. The topological polar surface area (TPSA) is 37.3 Å². The summed E-state index contributed by atoms with van der Waals surface area (Å²) in [4.78, 5) is 4.49. The lowest BCUT2D eigenvalue weighted by molar-refractivity contribution is 0.166. The van der Waals surface area contributed by atoms with Gasteiger partial charge in [0.2, 0.25) is 5.96 Å². The first kappa shape index (κ1) is 25.4. The summed E-state index contributed by atoms with van der Waals surface area (Å²) in [6.07, 6.45) is 0.0830. The Morgan fingerprint density at radius 2 is 1.44 bits per heavy atom. The van der Waals surface area contributed by atoms with Gasteiger partial charge in [-0.05, 0) is 45.0 Å². The number of hydrogen-bond donors (Lipinski definition) is 0. The molecule has 0 N–H and O–H groups in total. The number of guanidine groups is 1. The summed E-state index contributed by atoms with van der Waals surface area (Å²) in [5, 5.41) is 0.393.